The molecular weight excluding hydrogens is 728 g/mol. The minimum atomic E-state index is -1.34. The van der Waals surface area contributed by atoms with Crippen LogP contribution in [0.3, 0.4) is 0 Å². The van der Waals surface area contributed by atoms with E-state index in [2.05, 4.69) is 33.2 Å². The van der Waals surface area contributed by atoms with E-state index in [0.717, 1.165) is 11.6 Å². The summed E-state index contributed by atoms with van der Waals surface area (Å²) >= 11 is 0. The molecule has 0 unspecified atom stereocenters. The standard InChI is InChI=1S/C39H56N6O11/c1-7-31(46)42-23-27-36(51)43-24(2)35(50)41-20-19-40-32(47)16-14-26(13-11-25-12-15-29(54-5)30(22-25)55-6)56-38(53)28-10-8-9-21-45(28)37(52)34(49)39(3,4)18-17-33(48)44-27/h7,12,15,22,24,26-28H,1,8-11,13-14,16-21,23H2,2-6H3,(H,40,47)(H,41,50)(H,42,46)(H,43,51)(H,44,48)/t24-,26+,27-,28-/m0/s1. The van der Waals surface area contributed by atoms with Crippen LogP contribution >= 0.6 is 0 Å². The second-order valence-electron chi connectivity index (χ2n) is 14.5. The number of carbonyl (C=O) groups is 8. The second kappa shape index (κ2) is 21.6. The van der Waals surface area contributed by atoms with Crippen LogP contribution in [0.2, 0.25) is 0 Å². The van der Waals surface area contributed by atoms with E-state index in [9.17, 15) is 38.4 Å². The van der Waals surface area contributed by atoms with Crippen molar-refractivity contribution >= 4 is 47.2 Å². The molecule has 3 rings (SSSR count). The summed E-state index contributed by atoms with van der Waals surface area (Å²) in [6, 6.07) is 2.06. The van der Waals surface area contributed by atoms with Crippen LogP contribution in [0.5, 0.6) is 11.5 Å². The number of benzene rings is 1. The van der Waals surface area contributed by atoms with Crippen molar-refractivity contribution < 1.29 is 52.6 Å². The highest BCUT2D eigenvalue weighted by Crippen LogP contribution is 2.30. The van der Waals surface area contributed by atoms with E-state index >= 15 is 0 Å². The average molecular weight is 785 g/mol. The quantitative estimate of drug-likeness (QED) is 0.140. The molecule has 308 valence electrons. The zero-order valence-electron chi connectivity index (χ0n) is 33.0. The zero-order chi connectivity index (χ0) is 41.4. The molecular formula is C39H56N6O11. The van der Waals surface area contributed by atoms with Crippen molar-refractivity contribution in [2.45, 2.75) is 103 Å². The molecule has 0 bridgehead atoms. The van der Waals surface area contributed by atoms with Gasteiger partial charge < -0.3 is 45.7 Å². The maximum absolute atomic E-state index is 13.8. The van der Waals surface area contributed by atoms with Crippen LogP contribution in [0.25, 0.3) is 0 Å². The maximum Gasteiger partial charge on any atom is 0.329 e. The fraction of sp³-hybridized carbons (Fsp3) is 0.590. The van der Waals surface area contributed by atoms with Crippen molar-refractivity contribution in [3.8, 4) is 11.5 Å². The lowest BCUT2D eigenvalue weighted by Crippen LogP contribution is -2.56. The number of fused-ring (bicyclic) bond motifs is 1. The van der Waals surface area contributed by atoms with Gasteiger partial charge in [-0.3, -0.25) is 33.6 Å². The number of cyclic esters (lactones) is 1. The molecule has 6 amide bonds. The Bertz CT molecular complexity index is 1630. The highest BCUT2D eigenvalue weighted by molar-refractivity contribution is 6.38. The number of nitrogens with zero attached hydrogens (tertiary/aromatic N) is 1. The third-order valence-electron chi connectivity index (χ3n) is 9.82. The van der Waals surface area contributed by atoms with Gasteiger partial charge in [0.25, 0.3) is 5.91 Å². The first-order chi connectivity index (χ1) is 26.6. The molecule has 2 aliphatic rings. The molecule has 2 saturated heterocycles. The van der Waals surface area contributed by atoms with Gasteiger partial charge in [0.05, 0.1) is 14.2 Å². The molecule has 0 aliphatic carbocycles. The molecule has 17 heteroatoms. The zero-order valence-corrected chi connectivity index (χ0v) is 33.0. The first kappa shape index (κ1) is 44.9. The SMILES string of the molecule is C=CC(=O)NC[C@@H]1NC(=O)CCC(C)(C)C(=O)C(=O)N2CCCC[C@H]2C(=O)O[C@H](CCc2ccc(OC)c(OC)c2)CCC(=O)NCCNC(=O)[C@H](C)NC1=O. The number of piperidine rings is 1. The summed E-state index contributed by atoms with van der Waals surface area (Å²) in [4.78, 5) is 106. The van der Waals surface area contributed by atoms with E-state index in [1.54, 1.807) is 6.07 Å². The summed E-state index contributed by atoms with van der Waals surface area (Å²) in [5.74, 6) is -4.19. The summed E-state index contributed by atoms with van der Waals surface area (Å²) < 4.78 is 16.8. The molecule has 17 nitrogen and oxygen atoms in total. The topological polar surface area (TPSA) is 228 Å². The minimum Gasteiger partial charge on any atom is -0.493 e. The van der Waals surface area contributed by atoms with E-state index in [-0.39, 0.29) is 64.2 Å². The Balaban J connectivity index is 1.86. The van der Waals surface area contributed by atoms with E-state index in [4.69, 9.17) is 14.2 Å². The largest absolute Gasteiger partial charge is 0.493 e. The van der Waals surface area contributed by atoms with Gasteiger partial charge in [-0.2, -0.15) is 0 Å². The van der Waals surface area contributed by atoms with Crippen molar-refractivity contribution in [2.75, 3.05) is 40.4 Å². The number of hydrogen-bond donors (Lipinski definition) is 5. The monoisotopic (exact) mass is 784 g/mol. The number of nitrogens with one attached hydrogen (secondary N) is 5. The number of ether oxygens (including phenoxy) is 3. The summed E-state index contributed by atoms with van der Waals surface area (Å²) in [6.07, 6.45) is 2.32. The summed E-state index contributed by atoms with van der Waals surface area (Å²) in [6.45, 7) is 7.77. The van der Waals surface area contributed by atoms with Gasteiger partial charge in [-0.25, -0.2) is 4.79 Å². The molecule has 1 aromatic rings. The number of carbonyl (C=O) groups excluding carboxylic acids is 8. The predicted octanol–water partition coefficient (Wildman–Crippen LogP) is 0.623. The molecule has 0 radical (unpaired) electrons. The first-order valence-electron chi connectivity index (χ1n) is 18.9. The number of amides is 6. The van der Waals surface area contributed by atoms with Crippen molar-refractivity contribution in [1.29, 1.82) is 0 Å². The third-order valence-corrected chi connectivity index (χ3v) is 9.82. The number of rotatable bonds is 8. The highest BCUT2D eigenvalue weighted by atomic mass is 16.5. The van der Waals surface area contributed by atoms with Gasteiger partial charge in [-0.1, -0.05) is 26.5 Å². The average Bonchev–Trinajstić information content (AvgIpc) is 3.19. The number of methoxy groups -OCH3 is 2. The van der Waals surface area contributed by atoms with Gasteiger partial charge in [-0.15, -0.1) is 0 Å². The Kier molecular flexibility index (Phi) is 17.3. The van der Waals surface area contributed by atoms with Crippen molar-refractivity contribution in [1.82, 2.24) is 31.5 Å². The molecule has 0 aromatic heterocycles. The van der Waals surface area contributed by atoms with E-state index in [0.29, 0.717) is 37.2 Å². The Morgan fingerprint density at radius 1 is 0.946 bits per heavy atom. The number of Topliss-reactive ketones (excluding diaryl/α,β-unsaturated/α-hetero) is 1. The first-order valence-corrected chi connectivity index (χ1v) is 18.9. The van der Waals surface area contributed by atoms with Gasteiger partial charge in [-0.05, 0) is 75.6 Å². The molecule has 2 fully saturated rings. The van der Waals surface area contributed by atoms with Crippen LogP contribution in [0, 0.1) is 5.41 Å². The summed E-state index contributed by atoms with van der Waals surface area (Å²) in [5, 5.41) is 12.8. The molecule has 2 aliphatic heterocycles. The molecule has 0 saturated carbocycles. The molecule has 4 atom stereocenters. The highest BCUT2D eigenvalue weighted by Gasteiger charge is 2.42. The summed E-state index contributed by atoms with van der Waals surface area (Å²) in [5.41, 5.74) is -0.468. The fourth-order valence-corrected chi connectivity index (χ4v) is 6.30. The smallest absolute Gasteiger partial charge is 0.329 e. The lowest BCUT2D eigenvalue weighted by Gasteiger charge is -2.36. The number of esters is 1. The molecule has 1 aromatic carbocycles. The maximum atomic E-state index is 13.8. The number of hydrogen-bond acceptors (Lipinski definition) is 11. The normalized spacial score (nSPS) is 23.8. The minimum absolute atomic E-state index is 0.0141. The molecule has 56 heavy (non-hydrogen) atoms. The van der Waals surface area contributed by atoms with Gasteiger partial charge in [0.2, 0.25) is 35.3 Å². The molecule has 5 N–H and O–H groups in total. The van der Waals surface area contributed by atoms with Gasteiger partial charge >= 0.3 is 5.97 Å². The van der Waals surface area contributed by atoms with Crippen LogP contribution in [0.15, 0.2) is 30.9 Å². The van der Waals surface area contributed by atoms with Gasteiger partial charge in [0.15, 0.2) is 11.5 Å². The number of aryl methyl sites for hydroxylation is 1. The van der Waals surface area contributed by atoms with E-state index in [1.807, 2.05) is 12.1 Å². The van der Waals surface area contributed by atoms with Crippen LogP contribution in [0.1, 0.15) is 77.7 Å². The van der Waals surface area contributed by atoms with Crippen molar-refractivity contribution in [2.24, 2.45) is 5.41 Å². The third kappa shape index (κ3) is 13.4. The van der Waals surface area contributed by atoms with Crippen molar-refractivity contribution in [3.05, 3.63) is 36.4 Å². The summed E-state index contributed by atoms with van der Waals surface area (Å²) in [7, 11) is 3.06. The fourth-order valence-electron chi connectivity index (χ4n) is 6.30. The lowest BCUT2D eigenvalue weighted by molar-refractivity contribution is -0.164. The van der Waals surface area contributed by atoms with Crippen molar-refractivity contribution in [3.63, 3.8) is 0 Å². The Hall–Kier alpha value is -5.48. The number of ketones is 1. The van der Waals surface area contributed by atoms with E-state index in [1.165, 1.54) is 39.9 Å². The van der Waals surface area contributed by atoms with E-state index < -0.39 is 70.9 Å². The van der Waals surface area contributed by atoms with Crippen LogP contribution in [-0.4, -0.2) is 117 Å². The van der Waals surface area contributed by atoms with Gasteiger partial charge in [0.1, 0.15) is 24.2 Å². The van der Waals surface area contributed by atoms with Crippen LogP contribution in [-0.2, 0) is 49.5 Å². The van der Waals surface area contributed by atoms with Gasteiger partial charge in [0, 0.05) is 44.4 Å². The Labute approximate surface area is 327 Å². The molecule has 2 heterocycles. The Morgan fingerprint density at radius 3 is 2.36 bits per heavy atom. The second-order valence-corrected chi connectivity index (χ2v) is 14.5. The van der Waals surface area contributed by atoms with Crippen LogP contribution in [0.4, 0.5) is 0 Å². The Morgan fingerprint density at radius 2 is 1.66 bits per heavy atom. The van der Waals surface area contributed by atoms with Crippen LogP contribution < -0.4 is 36.1 Å². The lowest BCUT2D eigenvalue weighted by atomic mass is 9.82. The molecule has 0 spiro atoms. The predicted molar refractivity (Wildman–Crippen MR) is 203 cm³/mol.